The predicted molar refractivity (Wildman–Crippen MR) is 54.5 cm³/mol. The summed E-state index contributed by atoms with van der Waals surface area (Å²) in [5.41, 5.74) is 0. The van der Waals surface area contributed by atoms with Crippen LogP contribution in [0.2, 0.25) is 0 Å². The maximum atomic E-state index is 5.11. The molecule has 64 valence electrons. The van der Waals surface area contributed by atoms with Gasteiger partial charge in [0.2, 0.25) is 0 Å². The molecule has 0 N–H and O–H groups in total. The molecule has 0 saturated carbocycles. The van der Waals surface area contributed by atoms with Crippen LogP contribution >= 0.6 is 0 Å². The highest BCUT2D eigenvalue weighted by atomic mass is 13.9. The molecule has 0 atom stereocenters. The fourth-order valence-electron chi connectivity index (χ4n) is 0.880. The molecule has 0 rings (SSSR count). The predicted octanol–water partition coefficient (Wildman–Crippen LogP) is 3.15. The van der Waals surface area contributed by atoms with Gasteiger partial charge in [-0.3, -0.25) is 0 Å². The zero-order chi connectivity index (χ0) is 9.07. The van der Waals surface area contributed by atoms with Crippen LogP contribution in [0.1, 0.15) is 38.5 Å². The Balaban J connectivity index is 3.06. The van der Waals surface area contributed by atoms with Crippen molar-refractivity contribution in [3.63, 3.8) is 0 Å². The van der Waals surface area contributed by atoms with Gasteiger partial charge in [0.25, 0.3) is 0 Å². The van der Waals surface area contributed by atoms with Crippen LogP contribution in [0.25, 0.3) is 0 Å². The second-order valence-corrected chi connectivity index (χ2v) is 2.66. The highest BCUT2D eigenvalue weighted by Crippen LogP contribution is 1.99. The molecule has 0 aromatic rings. The number of hydrogen-bond acceptors (Lipinski definition) is 0. The standard InChI is InChI=1S/C12H16/c1-3-5-7-9-11-12-10-8-6-4-2/h1-2,11-12H,5-10H2/b12-11+. The van der Waals surface area contributed by atoms with Crippen LogP contribution in [0.3, 0.4) is 0 Å². The fourth-order valence-corrected chi connectivity index (χ4v) is 0.880. The van der Waals surface area contributed by atoms with E-state index in [0.717, 1.165) is 38.5 Å². The monoisotopic (exact) mass is 160 g/mol. The summed E-state index contributed by atoms with van der Waals surface area (Å²) < 4.78 is 0. The first-order valence-corrected chi connectivity index (χ1v) is 4.43. The van der Waals surface area contributed by atoms with E-state index in [2.05, 4.69) is 24.0 Å². The van der Waals surface area contributed by atoms with Gasteiger partial charge in [-0.05, 0) is 25.7 Å². The van der Waals surface area contributed by atoms with E-state index in [4.69, 9.17) is 12.8 Å². The van der Waals surface area contributed by atoms with Crippen molar-refractivity contribution in [2.24, 2.45) is 0 Å². The topological polar surface area (TPSA) is 0 Å². The van der Waals surface area contributed by atoms with E-state index in [-0.39, 0.29) is 0 Å². The summed E-state index contributed by atoms with van der Waals surface area (Å²) in [7, 11) is 0. The SMILES string of the molecule is C#CCCC/C=C/CCCC#C. The highest BCUT2D eigenvalue weighted by molar-refractivity contribution is 4.88. The van der Waals surface area contributed by atoms with Crippen molar-refractivity contribution >= 4 is 0 Å². The summed E-state index contributed by atoms with van der Waals surface area (Å²) >= 11 is 0. The Morgan fingerprint density at radius 2 is 1.25 bits per heavy atom. The summed E-state index contributed by atoms with van der Waals surface area (Å²) in [5.74, 6) is 5.24. The van der Waals surface area contributed by atoms with Crippen LogP contribution in [0.5, 0.6) is 0 Å². The second kappa shape index (κ2) is 9.86. The number of allylic oxidation sites excluding steroid dienone is 2. The van der Waals surface area contributed by atoms with E-state index in [1.165, 1.54) is 0 Å². The van der Waals surface area contributed by atoms with Gasteiger partial charge < -0.3 is 0 Å². The van der Waals surface area contributed by atoms with Crippen molar-refractivity contribution in [3.8, 4) is 24.7 Å². The lowest BCUT2D eigenvalue weighted by molar-refractivity contribution is 0.856. The third kappa shape index (κ3) is 8.86. The Kier molecular flexibility index (Phi) is 8.92. The molecule has 0 heteroatoms. The van der Waals surface area contributed by atoms with Gasteiger partial charge in [0.15, 0.2) is 0 Å². The first kappa shape index (κ1) is 10.9. The van der Waals surface area contributed by atoms with Crippen LogP contribution in [-0.4, -0.2) is 0 Å². The van der Waals surface area contributed by atoms with Crippen LogP contribution in [0, 0.1) is 24.7 Å². The van der Waals surface area contributed by atoms with E-state index in [0.29, 0.717) is 0 Å². The second-order valence-electron chi connectivity index (χ2n) is 2.66. The van der Waals surface area contributed by atoms with E-state index in [9.17, 15) is 0 Å². The van der Waals surface area contributed by atoms with Gasteiger partial charge in [0.05, 0.1) is 0 Å². The Bertz CT molecular complexity index is 163. The minimum absolute atomic E-state index is 0.884. The highest BCUT2D eigenvalue weighted by Gasteiger charge is 1.81. The third-order valence-corrected chi connectivity index (χ3v) is 1.55. The van der Waals surface area contributed by atoms with Gasteiger partial charge in [0.1, 0.15) is 0 Å². The molecule has 0 aromatic carbocycles. The van der Waals surface area contributed by atoms with E-state index in [1.807, 2.05) is 0 Å². The van der Waals surface area contributed by atoms with Gasteiger partial charge >= 0.3 is 0 Å². The summed E-state index contributed by atoms with van der Waals surface area (Å²) in [6.07, 6.45) is 20.8. The van der Waals surface area contributed by atoms with Crippen molar-refractivity contribution in [3.05, 3.63) is 12.2 Å². The molecule has 0 nitrogen and oxygen atoms in total. The maximum Gasteiger partial charge on any atom is 0.00890 e. The van der Waals surface area contributed by atoms with Gasteiger partial charge in [0, 0.05) is 12.8 Å². The van der Waals surface area contributed by atoms with E-state index < -0.39 is 0 Å². The molecule has 0 spiro atoms. The molecule has 0 bridgehead atoms. The Morgan fingerprint density at radius 3 is 1.58 bits per heavy atom. The molecule has 0 aromatic heterocycles. The summed E-state index contributed by atoms with van der Waals surface area (Å²) in [6, 6.07) is 0. The average Bonchev–Trinajstić information content (AvgIpc) is 2.10. The zero-order valence-corrected chi connectivity index (χ0v) is 7.55. The van der Waals surface area contributed by atoms with Crippen molar-refractivity contribution in [1.82, 2.24) is 0 Å². The molecule has 0 aliphatic heterocycles. The molecule has 0 saturated heterocycles. The fraction of sp³-hybridized carbons (Fsp3) is 0.500. The van der Waals surface area contributed by atoms with Crippen LogP contribution in [-0.2, 0) is 0 Å². The van der Waals surface area contributed by atoms with Crippen LogP contribution in [0.15, 0.2) is 12.2 Å². The largest absolute Gasteiger partial charge is 0.120 e. The smallest absolute Gasteiger partial charge is 0.00890 e. The lowest BCUT2D eigenvalue weighted by Gasteiger charge is -1.89. The number of hydrogen-bond donors (Lipinski definition) is 0. The minimum atomic E-state index is 0.884. The van der Waals surface area contributed by atoms with E-state index >= 15 is 0 Å². The molecule has 0 aliphatic rings. The molecular formula is C12H16. The average molecular weight is 160 g/mol. The first-order valence-electron chi connectivity index (χ1n) is 4.43. The normalized spacial score (nSPS) is 9.50. The Morgan fingerprint density at radius 1 is 0.833 bits per heavy atom. The lowest BCUT2D eigenvalue weighted by Crippen LogP contribution is -1.71. The molecule has 0 amide bonds. The molecule has 0 unspecified atom stereocenters. The first-order chi connectivity index (χ1) is 5.91. The number of rotatable bonds is 6. The van der Waals surface area contributed by atoms with Crippen LogP contribution in [0.4, 0.5) is 0 Å². The molecule has 0 aliphatic carbocycles. The van der Waals surface area contributed by atoms with Gasteiger partial charge in [-0.25, -0.2) is 0 Å². The van der Waals surface area contributed by atoms with Crippen LogP contribution < -0.4 is 0 Å². The molecule has 0 radical (unpaired) electrons. The van der Waals surface area contributed by atoms with Gasteiger partial charge in [-0.2, -0.15) is 0 Å². The maximum absolute atomic E-state index is 5.11. The van der Waals surface area contributed by atoms with E-state index in [1.54, 1.807) is 0 Å². The Labute approximate surface area is 76.1 Å². The lowest BCUT2D eigenvalue weighted by atomic mass is 10.2. The molecule has 12 heavy (non-hydrogen) atoms. The summed E-state index contributed by atoms with van der Waals surface area (Å²) in [6.45, 7) is 0. The molecular weight excluding hydrogens is 144 g/mol. The Hall–Kier alpha value is -1.14. The van der Waals surface area contributed by atoms with Gasteiger partial charge in [-0.1, -0.05) is 12.2 Å². The molecule has 0 heterocycles. The number of terminal acetylenes is 2. The van der Waals surface area contributed by atoms with Crippen molar-refractivity contribution in [2.45, 2.75) is 38.5 Å². The summed E-state index contributed by atoms with van der Waals surface area (Å²) in [5, 5.41) is 0. The number of unbranched alkanes of at least 4 members (excludes halogenated alkanes) is 4. The minimum Gasteiger partial charge on any atom is -0.120 e. The van der Waals surface area contributed by atoms with Crippen molar-refractivity contribution in [1.29, 1.82) is 0 Å². The molecule has 0 fully saturated rings. The quantitative estimate of drug-likeness (QED) is 0.318. The van der Waals surface area contributed by atoms with Gasteiger partial charge in [-0.15, -0.1) is 24.7 Å². The van der Waals surface area contributed by atoms with Crippen molar-refractivity contribution in [2.75, 3.05) is 0 Å². The third-order valence-electron chi connectivity index (χ3n) is 1.55. The zero-order valence-electron chi connectivity index (χ0n) is 7.55. The summed E-state index contributed by atoms with van der Waals surface area (Å²) in [4.78, 5) is 0. The van der Waals surface area contributed by atoms with Crippen molar-refractivity contribution < 1.29 is 0 Å².